The number of rotatable bonds is 6. The molecule has 4 rings (SSSR count). The summed E-state index contributed by atoms with van der Waals surface area (Å²) in [5, 5.41) is 4.64. The highest BCUT2D eigenvalue weighted by molar-refractivity contribution is 9.10. The minimum absolute atomic E-state index is 0.0840. The molecule has 0 aliphatic carbocycles. The van der Waals surface area contributed by atoms with Crippen LogP contribution >= 0.6 is 15.9 Å². The molecule has 2 aromatic carbocycles. The van der Waals surface area contributed by atoms with Crippen LogP contribution in [0.2, 0.25) is 0 Å². The van der Waals surface area contributed by atoms with E-state index < -0.39 is 0 Å². The second-order valence-corrected chi connectivity index (χ2v) is 7.49. The molecule has 2 heterocycles. The van der Waals surface area contributed by atoms with Crippen molar-refractivity contribution in [2.24, 2.45) is 0 Å². The molecule has 0 radical (unpaired) electrons. The molecule has 4 aromatic rings. The van der Waals surface area contributed by atoms with Crippen molar-refractivity contribution in [2.45, 2.75) is 19.5 Å². The maximum Gasteiger partial charge on any atom is 0.261 e. The Balaban J connectivity index is 1.32. The van der Waals surface area contributed by atoms with Crippen molar-refractivity contribution in [1.29, 1.82) is 0 Å². The number of aromatic nitrogens is 3. The van der Waals surface area contributed by atoms with Crippen LogP contribution in [0.5, 0.6) is 0 Å². The van der Waals surface area contributed by atoms with Crippen molar-refractivity contribution in [3.63, 3.8) is 0 Å². The van der Waals surface area contributed by atoms with Gasteiger partial charge in [0.25, 0.3) is 5.56 Å². The van der Waals surface area contributed by atoms with Crippen molar-refractivity contribution in [1.82, 2.24) is 19.4 Å². The number of nitrogens with zero attached hydrogens (tertiary/aromatic N) is 3. The van der Waals surface area contributed by atoms with Gasteiger partial charge in [0, 0.05) is 47.6 Å². The number of hydrogen-bond donors (Lipinski definition) is 1. The van der Waals surface area contributed by atoms with E-state index in [0.717, 1.165) is 15.4 Å². The first-order valence-corrected chi connectivity index (χ1v) is 9.86. The van der Waals surface area contributed by atoms with E-state index in [1.54, 1.807) is 12.1 Å². The molecule has 0 fully saturated rings. The number of fused-ring (bicyclic) bond motifs is 2. The number of amides is 1. The molecule has 0 aliphatic rings. The molecule has 0 spiro atoms. The number of benzene rings is 2. The third kappa shape index (κ3) is 3.84. The van der Waals surface area contributed by atoms with Crippen LogP contribution in [0.4, 0.5) is 0 Å². The Morgan fingerprint density at radius 3 is 2.82 bits per heavy atom. The van der Waals surface area contributed by atoms with Crippen molar-refractivity contribution in [2.75, 3.05) is 6.54 Å². The quantitative estimate of drug-likeness (QED) is 0.501. The van der Waals surface area contributed by atoms with Crippen molar-refractivity contribution >= 4 is 43.6 Å². The highest BCUT2D eigenvalue weighted by Crippen LogP contribution is 2.20. The van der Waals surface area contributed by atoms with Crippen LogP contribution in [-0.2, 0) is 17.9 Å². The Hall–Kier alpha value is -2.93. The van der Waals surface area contributed by atoms with Gasteiger partial charge in [-0.05, 0) is 36.4 Å². The lowest BCUT2D eigenvalue weighted by Crippen LogP contribution is -2.29. The first-order valence-electron chi connectivity index (χ1n) is 9.07. The van der Waals surface area contributed by atoms with E-state index >= 15 is 0 Å². The summed E-state index contributed by atoms with van der Waals surface area (Å²) in [6.45, 7) is 1.53. The zero-order valence-electron chi connectivity index (χ0n) is 15.1. The molecule has 0 unspecified atom stereocenters. The summed E-state index contributed by atoms with van der Waals surface area (Å²) in [7, 11) is 0. The molecule has 28 heavy (non-hydrogen) atoms. The summed E-state index contributed by atoms with van der Waals surface area (Å²) in [5.41, 5.74) is 1.67. The summed E-state index contributed by atoms with van der Waals surface area (Å²) in [6, 6.07) is 15.4. The molecular weight excluding hydrogens is 420 g/mol. The van der Waals surface area contributed by atoms with Crippen LogP contribution in [0, 0.1) is 0 Å². The molecule has 1 N–H and O–H groups in total. The van der Waals surface area contributed by atoms with Crippen LogP contribution in [0.15, 0.2) is 70.3 Å². The second-order valence-electron chi connectivity index (χ2n) is 6.57. The Kier molecular flexibility index (Phi) is 5.25. The number of carbonyl (C=O) groups is 1. The third-order valence-electron chi connectivity index (χ3n) is 4.72. The molecule has 6 nitrogen and oxygen atoms in total. The maximum absolute atomic E-state index is 12.4. The van der Waals surface area contributed by atoms with Gasteiger partial charge in [-0.2, -0.15) is 0 Å². The van der Waals surface area contributed by atoms with Gasteiger partial charge in [-0.15, -0.1) is 0 Å². The van der Waals surface area contributed by atoms with Crippen molar-refractivity contribution < 1.29 is 4.79 Å². The fraction of sp³-hybridized carbons (Fsp3) is 0.190. The SMILES string of the molecule is O=C(CCn1cnc2ccccc2c1=O)NCCn1ccc2cc(Br)ccc21. The van der Waals surface area contributed by atoms with Gasteiger partial charge in [-0.1, -0.05) is 28.1 Å². The molecule has 0 bridgehead atoms. The average Bonchev–Trinajstić information content (AvgIpc) is 3.09. The summed E-state index contributed by atoms with van der Waals surface area (Å²) in [5.74, 6) is -0.0840. The summed E-state index contributed by atoms with van der Waals surface area (Å²) >= 11 is 3.47. The van der Waals surface area contributed by atoms with Gasteiger partial charge in [0.15, 0.2) is 0 Å². The molecular formula is C21H19BrN4O2. The lowest BCUT2D eigenvalue weighted by atomic mass is 10.2. The van der Waals surface area contributed by atoms with Gasteiger partial charge >= 0.3 is 0 Å². The summed E-state index contributed by atoms with van der Waals surface area (Å²) in [6.07, 6.45) is 3.75. The topological polar surface area (TPSA) is 68.9 Å². The lowest BCUT2D eigenvalue weighted by Gasteiger charge is -2.09. The van der Waals surface area contributed by atoms with E-state index in [-0.39, 0.29) is 17.9 Å². The van der Waals surface area contributed by atoms with Crippen LogP contribution in [0.1, 0.15) is 6.42 Å². The van der Waals surface area contributed by atoms with Crippen molar-refractivity contribution in [3.05, 3.63) is 75.9 Å². The van der Waals surface area contributed by atoms with Gasteiger partial charge in [0.05, 0.1) is 17.2 Å². The van der Waals surface area contributed by atoms with E-state index in [9.17, 15) is 9.59 Å². The molecule has 7 heteroatoms. The number of nitrogens with one attached hydrogen (secondary N) is 1. The fourth-order valence-corrected chi connectivity index (χ4v) is 3.64. The zero-order valence-corrected chi connectivity index (χ0v) is 16.7. The monoisotopic (exact) mass is 438 g/mol. The predicted molar refractivity (Wildman–Crippen MR) is 113 cm³/mol. The number of para-hydroxylation sites is 1. The van der Waals surface area contributed by atoms with E-state index in [1.807, 2.05) is 24.4 Å². The molecule has 0 saturated heterocycles. The van der Waals surface area contributed by atoms with Gasteiger partial charge in [-0.25, -0.2) is 4.98 Å². The molecule has 2 aromatic heterocycles. The lowest BCUT2D eigenvalue weighted by molar-refractivity contribution is -0.121. The Bertz CT molecular complexity index is 1210. The smallest absolute Gasteiger partial charge is 0.261 e. The highest BCUT2D eigenvalue weighted by atomic mass is 79.9. The predicted octanol–water partition coefficient (Wildman–Crippen LogP) is 3.32. The summed E-state index contributed by atoms with van der Waals surface area (Å²) in [4.78, 5) is 28.9. The molecule has 0 saturated carbocycles. The van der Waals surface area contributed by atoms with Crippen LogP contribution in [-0.4, -0.2) is 26.6 Å². The Labute approximate surface area is 169 Å². The van der Waals surface area contributed by atoms with E-state index in [1.165, 1.54) is 10.9 Å². The first-order chi connectivity index (χ1) is 13.6. The third-order valence-corrected chi connectivity index (χ3v) is 5.21. The number of halogens is 1. The minimum Gasteiger partial charge on any atom is -0.354 e. The fourth-order valence-electron chi connectivity index (χ4n) is 3.26. The van der Waals surface area contributed by atoms with E-state index in [0.29, 0.717) is 30.5 Å². The molecule has 0 aliphatic heterocycles. The number of carbonyl (C=O) groups excluding carboxylic acids is 1. The van der Waals surface area contributed by atoms with E-state index in [2.05, 4.69) is 49.0 Å². The molecule has 1 amide bonds. The zero-order chi connectivity index (χ0) is 19.5. The van der Waals surface area contributed by atoms with Crippen LogP contribution in [0.25, 0.3) is 21.8 Å². The molecule has 0 atom stereocenters. The second kappa shape index (κ2) is 7.98. The molecule has 142 valence electrons. The summed E-state index contributed by atoms with van der Waals surface area (Å²) < 4.78 is 4.64. The highest BCUT2D eigenvalue weighted by Gasteiger charge is 2.07. The normalized spacial score (nSPS) is 11.2. The average molecular weight is 439 g/mol. The standard InChI is InChI=1S/C21H19BrN4O2/c22-16-5-6-19-15(13-16)7-10-25(19)12-9-23-20(27)8-11-26-14-24-18-4-2-1-3-17(18)21(26)28/h1-7,10,13-14H,8-9,11-12H2,(H,23,27). The first kappa shape index (κ1) is 18.4. The Morgan fingerprint density at radius 1 is 1.07 bits per heavy atom. The van der Waals surface area contributed by atoms with Crippen LogP contribution in [0.3, 0.4) is 0 Å². The van der Waals surface area contributed by atoms with Crippen LogP contribution < -0.4 is 10.9 Å². The van der Waals surface area contributed by atoms with Gasteiger partial charge in [0.2, 0.25) is 5.91 Å². The van der Waals surface area contributed by atoms with Gasteiger partial charge < -0.3 is 9.88 Å². The number of hydrogen-bond acceptors (Lipinski definition) is 3. The Morgan fingerprint density at radius 2 is 1.93 bits per heavy atom. The number of aryl methyl sites for hydroxylation is 1. The maximum atomic E-state index is 12.4. The van der Waals surface area contributed by atoms with Gasteiger partial charge in [0.1, 0.15) is 0 Å². The largest absolute Gasteiger partial charge is 0.354 e. The minimum atomic E-state index is -0.122. The van der Waals surface area contributed by atoms with E-state index in [4.69, 9.17) is 0 Å². The van der Waals surface area contributed by atoms with Gasteiger partial charge in [-0.3, -0.25) is 14.2 Å². The van der Waals surface area contributed by atoms with Crippen molar-refractivity contribution in [3.8, 4) is 0 Å².